The number of alkyl halides is 3. The summed E-state index contributed by atoms with van der Waals surface area (Å²) in [5.74, 6) is -1.30. The molecule has 0 aliphatic carbocycles. The van der Waals surface area contributed by atoms with E-state index in [1.165, 1.54) is 36.9 Å². The number of aromatic nitrogens is 3. The summed E-state index contributed by atoms with van der Waals surface area (Å²) in [6, 6.07) is 7.91. The molecule has 1 aromatic carbocycles. The molecule has 0 aliphatic heterocycles. The van der Waals surface area contributed by atoms with Gasteiger partial charge in [-0.1, -0.05) is 12.1 Å². The van der Waals surface area contributed by atoms with Crippen molar-refractivity contribution >= 4 is 11.7 Å². The van der Waals surface area contributed by atoms with Gasteiger partial charge in [-0.25, -0.2) is 9.67 Å². The number of nitrogens with zero attached hydrogens (tertiary/aromatic N) is 3. The first-order valence-electron chi connectivity index (χ1n) is 10.2. The van der Waals surface area contributed by atoms with E-state index in [9.17, 15) is 22.8 Å². The van der Waals surface area contributed by atoms with E-state index < -0.39 is 23.4 Å². The number of rotatable bonds is 9. The number of carbonyl (C=O) groups excluding carboxylic acids is 2. The minimum Gasteiger partial charge on any atom is -0.475 e. The molecule has 8 nitrogen and oxygen atoms in total. The Balaban J connectivity index is 1.70. The molecule has 0 atom stereocenters. The lowest BCUT2D eigenvalue weighted by molar-refractivity contribution is -0.137. The molecule has 0 saturated heterocycles. The number of pyridine rings is 1. The lowest BCUT2D eigenvalue weighted by Gasteiger charge is -2.10. The van der Waals surface area contributed by atoms with E-state index in [2.05, 4.69) is 15.4 Å². The number of methoxy groups -OCH3 is 1. The van der Waals surface area contributed by atoms with Crippen LogP contribution in [-0.2, 0) is 22.3 Å². The van der Waals surface area contributed by atoms with Gasteiger partial charge in [0.2, 0.25) is 5.88 Å². The maximum absolute atomic E-state index is 13.1. The Morgan fingerprint density at radius 3 is 2.53 bits per heavy atom. The zero-order chi connectivity index (χ0) is 24.9. The number of aryl methyl sites for hydroxylation is 1. The first-order valence-corrected chi connectivity index (χ1v) is 10.2. The summed E-state index contributed by atoms with van der Waals surface area (Å²) in [6.45, 7) is 3.86. The van der Waals surface area contributed by atoms with Crippen LogP contribution in [0, 0.1) is 13.8 Å². The Morgan fingerprint density at radius 1 is 1.12 bits per heavy atom. The molecule has 3 rings (SSSR count). The fourth-order valence-corrected chi connectivity index (χ4v) is 3.24. The number of amides is 1. The molecule has 11 heteroatoms. The molecule has 0 fully saturated rings. The normalized spacial score (nSPS) is 11.4. The summed E-state index contributed by atoms with van der Waals surface area (Å²) in [6.07, 6.45) is -3.01. The highest BCUT2D eigenvalue weighted by molar-refractivity contribution is 6.43. The molecule has 0 saturated carbocycles. The predicted octanol–water partition coefficient (Wildman–Crippen LogP) is 3.43. The van der Waals surface area contributed by atoms with Gasteiger partial charge in [-0.3, -0.25) is 9.59 Å². The molecule has 2 heterocycles. The minimum absolute atomic E-state index is 0.0370. The van der Waals surface area contributed by atoms with Crippen LogP contribution in [0.1, 0.15) is 32.9 Å². The Kier molecular flexibility index (Phi) is 7.67. The van der Waals surface area contributed by atoms with Crippen molar-refractivity contribution in [2.45, 2.75) is 26.6 Å². The van der Waals surface area contributed by atoms with Crippen molar-refractivity contribution in [3.8, 4) is 11.6 Å². The van der Waals surface area contributed by atoms with Crippen LogP contribution in [0.25, 0.3) is 5.69 Å². The number of halogens is 3. The third-order valence-electron chi connectivity index (χ3n) is 4.93. The van der Waals surface area contributed by atoms with E-state index in [1.54, 1.807) is 19.2 Å². The van der Waals surface area contributed by atoms with Crippen LogP contribution in [0.3, 0.4) is 0 Å². The summed E-state index contributed by atoms with van der Waals surface area (Å²) in [5, 5.41) is 6.71. The standard InChI is InChI=1S/C23H23F3N4O4/c1-14-20(15(2)30(29-14)18-6-4-5-17(11-18)23(24,25)26)21(31)22(32)28-13-16-7-8-19(27-12-16)34-10-9-33-3/h4-8,11-12H,9-10,13H2,1-3H3,(H,28,32). The molecule has 1 amide bonds. The SMILES string of the molecule is COCCOc1ccc(CNC(=O)C(=O)c2c(C)nn(-c3cccc(C(F)(F)F)c3)c2C)cn1. The maximum Gasteiger partial charge on any atom is 0.416 e. The smallest absolute Gasteiger partial charge is 0.416 e. The van der Waals surface area contributed by atoms with Crippen LogP contribution in [-0.4, -0.2) is 46.8 Å². The molecular formula is C23H23F3N4O4. The minimum atomic E-state index is -4.52. The number of Topliss-reactive ketones (excluding diaryl/α,β-unsaturated/α-hetero) is 1. The van der Waals surface area contributed by atoms with Gasteiger partial charge < -0.3 is 14.8 Å². The number of hydrogen-bond donors (Lipinski definition) is 1. The van der Waals surface area contributed by atoms with Crippen molar-refractivity contribution < 1.29 is 32.2 Å². The van der Waals surface area contributed by atoms with Crippen LogP contribution < -0.4 is 10.1 Å². The molecule has 3 aromatic rings. The van der Waals surface area contributed by atoms with Crippen molar-refractivity contribution in [1.29, 1.82) is 0 Å². The van der Waals surface area contributed by atoms with Gasteiger partial charge in [0.25, 0.3) is 11.7 Å². The second kappa shape index (κ2) is 10.5. The van der Waals surface area contributed by atoms with Crippen LogP contribution in [0.5, 0.6) is 5.88 Å². The number of ether oxygens (including phenoxy) is 2. The average Bonchev–Trinajstić information content (AvgIpc) is 3.11. The van der Waals surface area contributed by atoms with Gasteiger partial charge in [-0.15, -0.1) is 0 Å². The maximum atomic E-state index is 13.1. The second-order valence-corrected chi connectivity index (χ2v) is 7.36. The van der Waals surface area contributed by atoms with E-state index in [0.717, 1.165) is 12.1 Å². The zero-order valence-electron chi connectivity index (χ0n) is 18.8. The van der Waals surface area contributed by atoms with Gasteiger partial charge >= 0.3 is 6.18 Å². The summed E-state index contributed by atoms with van der Waals surface area (Å²) in [4.78, 5) is 29.4. The van der Waals surface area contributed by atoms with Gasteiger partial charge in [0.15, 0.2) is 0 Å². The summed E-state index contributed by atoms with van der Waals surface area (Å²) >= 11 is 0. The topological polar surface area (TPSA) is 95.3 Å². The zero-order valence-corrected chi connectivity index (χ0v) is 18.8. The van der Waals surface area contributed by atoms with Gasteiger partial charge in [0.05, 0.1) is 34.8 Å². The van der Waals surface area contributed by atoms with Crippen LogP contribution >= 0.6 is 0 Å². The number of ketones is 1. The van der Waals surface area contributed by atoms with Gasteiger partial charge in [-0.2, -0.15) is 18.3 Å². The van der Waals surface area contributed by atoms with Gasteiger partial charge in [0, 0.05) is 25.9 Å². The Labute approximate surface area is 193 Å². The molecule has 1 N–H and O–H groups in total. The molecule has 2 aromatic heterocycles. The van der Waals surface area contributed by atoms with Crippen LogP contribution in [0.2, 0.25) is 0 Å². The quantitative estimate of drug-likeness (QED) is 0.289. The second-order valence-electron chi connectivity index (χ2n) is 7.36. The molecule has 0 unspecified atom stereocenters. The van der Waals surface area contributed by atoms with Crippen LogP contribution in [0.4, 0.5) is 13.2 Å². The summed E-state index contributed by atoms with van der Waals surface area (Å²) in [7, 11) is 1.56. The molecular weight excluding hydrogens is 453 g/mol. The van der Waals surface area contributed by atoms with Crippen molar-refractivity contribution in [1.82, 2.24) is 20.1 Å². The Hall–Kier alpha value is -3.73. The monoisotopic (exact) mass is 476 g/mol. The molecule has 0 radical (unpaired) electrons. The first-order chi connectivity index (χ1) is 16.1. The largest absolute Gasteiger partial charge is 0.475 e. The molecule has 0 spiro atoms. The van der Waals surface area contributed by atoms with Gasteiger partial charge in [0.1, 0.15) is 6.61 Å². The third kappa shape index (κ3) is 5.79. The number of carbonyl (C=O) groups is 2. The van der Waals surface area contributed by atoms with E-state index in [4.69, 9.17) is 9.47 Å². The molecule has 180 valence electrons. The Morgan fingerprint density at radius 2 is 1.88 bits per heavy atom. The van der Waals surface area contributed by atoms with Crippen molar-refractivity contribution in [3.05, 3.63) is 70.7 Å². The molecule has 34 heavy (non-hydrogen) atoms. The lowest BCUT2D eigenvalue weighted by Crippen LogP contribution is -2.31. The predicted molar refractivity (Wildman–Crippen MR) is 116 cm³/mol. The van der Waals surface area contributed by atoms with Gasteiger partial charge in [-0.05, 0) is 37.6 Å². The fourth-order valence-electron chi connectivity index (χ4n) is 3.24. The van der Waals surface area contributed by atoms with E-state index >= 15 is 0 Å². The average molecular weight is 476 g/mol. The van der Waals surface area contributed by atoms with E-state index in [0.29, 0.717) is 24.7 Å². The molecule has 0 aliphatic rings. The third-order valence-corrected chi connectivity index (χ3v) is 4.93. The van der Waals surface area contributed by atoms with E-state index in [-0.39, 0.29) is 29.2 Å². The highest BCUT2D eigenvalue weighted by atomic mass is 19.4. The lowest BCUT2D eigenvalue weighted by atomic mass is 10.1. The van der Waals surface area contributed by atoms with Crippen LogP contribution in [0.15, 0.2) is 42.6 Å². The fraction of sp³-hybridized carbons (Fsp3) is 0.304. The number of benzene rings is 1. The summed E-state index contributed by atoms with van der Waals surface area (Å²) in [5.41, 5.74) is 0.467. The first kappa shape index (κ1) is 24.9. The summed E-state index contributed by atoms with van der Waals surface area (Å²) < 4.78 is 50.7. The van der Waals surface area contributed by atoms with Crippen molar-refractivity contribution in [2.24, 2.45) is 0 Å². The van der Waals surface area contributed by atoms with E-state index in [1.807, 2.05) is 0 Å². The number of nitrogens with one attached hydrogen (secondary N) is 1. The highest BCUT2D eigenvalue weighted by Gasteiger charge is 2.31. The Bertz CT molecular complexity index is 1170. The van der Waals surface area contributed by atoms with Crippen molar-refractivity contribution in [3.63, 3.8) is 0 Å². The van der Waals surface area contributed by atoms with Crippen molar-refractivity contribution in [2.75, 3.05) is 20.3 Å². The molecule has 0 bridgehead atoms. The number of hydrogen-bond acceptors (Lipinski definition) is 6. The highest BCUT2D eigenvalue weighted by Crippen LogP contribution is 2.31.